The van der Waals surface area contributed by atoms with Crippen molar-refractivity contribution in [1.29, 1.82) is 0 Å². The third-order valence-corrected chi connectivity index (χ3v) is 5.13. The number of piperidine rings is 1. The first-order valence-corrected chi connectivity index (χ1v) is 7.95. The molecule has 2 atom stereocenters. The average Bonchev–Trinajstić information content (AvgIpc) is 2.27. The largest absolute Gasteiger partial charge is 0.314 e. The summed E-state index contributed by atoms with van der Waals surface area (Å²) in [7, 11) is -3.71. The lowest BCUT2D eigenvalue weighted by Gasteiger charge is -2.28. The monoisotopic (exact) mass is 306 g/mol. The molecule has 7 heteroatoms. The molecule has 0 saturated carbocycles. The van der Waals surface area contributed by atoms with Crippen LogP contribution < -0.4 is 10.0 Å². The van der Waals surface area contributed by atoms with Gasteiger partial charge in [0.25, 0.3) is 0 Å². The normalized spacial score (nSPS) is 24.4. The Morgan fingerprint density at radius 3 is 2.84 bits per heavy atom. The smallest absolute Gasteiger partial charge is 0.242 e. The van der Waals surface area contributed by atoms with E-state index in [4.69, 9.17) is 11.6 Å². The van der Waals surface area contributed by atoms with Gasteiger partial charge in [-0.25, -0.2) is 17.5 Å². The first-order chi connectivity index (χ1) is 8.88. The van der Waals surface area contributed by atoms with Crippen molar-refractivity contribution in [2.24, 2.45) is 0 Å². The molecule has 1 aliphatic rings. The lowest BCUT2D eigenvalue weighted by Crippen LogP contribution is -2.46. The van der Waals surface area contributed by atoms with Crippen molar-refractivity contribution in [2.75, 3.05) is 6.54 Å². The van der Waals surface area contributed by atoms with E-state index >= 15 is 0 Å². The maximum Gasteiger partial charge on any atom is 0.242 e. The standard InChI is InChI=1S/C12H16ClFN2O2S/c1-8-6-10(4-5-15-8)16-19(17,18)12-3-2-9(14)7-11(12)13/h2-3,7-8,10,15-16H,4-6H2,1H3. The van der Waals surface area contributed by atoms with E-state index in [0.717, 1.165) is 31.5 Å². The van der Waals surface area contributed by atoms with Crippen LogP contribution in [0.1, 0.15) is 19.8 Å². The lowest BCUT2D eigenvalue weighted by atomic mass is 10.0. The number of halogens is 2. The molecule has 0 spiro atoms. The van der Waals surface area contributed by atoms with E-state index in [1.54, 1.807) is 0 Å². The molecule has 0 aliphatic carbocycles. The Morgan fingerprint density at radius 2 is 2.21 bits per heavy atom. The molecule has 4 nitrogen and oxygen atoms in total. The fourth-order valence-electron chi connectivity index (χ4n) is 2.22. The minimum absolute atomic E-state index is 0.0817. The number of hydrogen-bond acceptors (Lipinski definition) is 3. The van der Waals surface area contributed by atoms with Gasteiger partial charge in [-0.15, -0.1) is 0 Å². The Kier molecular flexibility index (Phi) is 4.45. The topological polar surface area (TPSA) is 58.2 Å². The van der Waals surface area contributed by atoms with Gasteiger partial charge < -0.3 is 5.32 Å². The second-order valence-corrected chi connectivity index (χ2v) is 6.86. The molecule has 2 unspecified atom stereocenters. The van der Waals surface area contributed by atoms with E-state index in [9.17, 15) is 12.8 Å². The molecule has 0 radical (unpaired) electrons. The van der Waals surface area contributed by atoms with Gasteiger partial charge in [0, 0.05) is 12.1 Å². The summed E-state index contributed by atoms with van der Waals surface area (Å²) in [5, 5.41) is 3.14. The summed E-state index contributed by atoms with van der Waals surface area (Å²) in [6.45, 7) is 2.77. The van der Waals surface area contributed by atoms with Crippen molar-refractivity contribution in [2.45, 2.75) is 36.7 Å². The van der Waals surface area contributed by atoms with Gasteiger partial charge in [0.15, 0.2) is 0 Å². The molecule has 1 fully saturated rings. The molecule has 1 saturated heterocycles. The predicted molar refractivity (Wildman–Crippen MR) is 72.2 cm³/mol. The van der Waals surface area contributed by atoms with Crippen molar-refractivity contribution >= 4 is 21.6 Å². The number of sulfonamides is 1. The zero-order chi connectivity index (χ0) is 14.0. The van der Waals surface area contributed by atoms with Crippen LogP contribution in [0.5, 0.6) is 0 Å². The van der Waals surface area contributed by atoms with Crippen LogP contribution in [0.2, 0.25) is 5.02 Å². The highest BCUT2D eigenvalue weighted by molar-refractivity contribution is 7.89. The third-order valence-electron chi connectivity index (χ3n) is 3.13. The minimum Gasteiger partial charge on any atom is -0.314 e. The second-order valence-electron chi connectivity index (χ2n) is 4.77. The van der Waals surface area contributed by atoms with Gasteiger partial charge in [-0.05, 0) is 44.5 Å². The summed E-state index contributed by atoms with van der Waals surface area (Å²) >= 11 is 5.79. The number of rotatable bonds is 3. The second kappa shape index (κ2) is 5.75. The Labute approximate surface area is 117 Å². The van der Waals surface area contributed by atoms with Crippen LogP contribution in [0.25, 0.3) is 0 Å². The highest BCUT2D eigenvalue weighted by Gasteiger charge is 2.25. The quantitative estimate of drug-likeness (QED) is 0.897. The van der Waals surface area contributed by atoms with Crippen molar-refractivity contribution in [3.8, 4) is 0 Å². The Morgan fingerprint density at radius 1 is 1.47 bits per heavy atom. The van der Waals surface area contributed by atoms with Crippen molar-refractivity contribution < 1.29 is 12.8 Å². The first kappa shape index (κ1) is 14.7. The van der Waals surface area contributed by atoms with Gasteiger partial charge >= 0.3 is 0 Å². The van der Waals surface area contributed by atoms with Crippen LogP contribution in [0.4, 0.5) is 4.39 Å². The van der Waals surface area contributed by atoms with E-state index in [-0.39, 0.29) is 22.0 Å². The molecule has 1 heterocycles. The summed E-state index contributed by atoms with van der Waals surface area (Å²) in [4.78, 5) is -0.0817. The maximum absolute atomic E-state index is 12.9. The van der Waals surface area contributed by atoms with Crippen LogP contribution >= 0.6 is 11.6 Å². The molecule has 2 N–H and O–H groups in total. The molecule has 106 valence electrons. The minimum atomic E-state index is -3.71. The molecule has 0 aromatic heterocycles. The average molecular weight is 307 g/mol. The summed E-state index contributed by atoms with van der Waals surface area (Å²) in [6, 6.07) is 3.42. The van der Waals surface area contributed by atoms with E-state index in [1.165, 1.54) is 6.07 Å². The van der Waals surface area contributed by atoms with Crippen molar-refractivity contribution in [3.05, 3.63) is 29.0 Å². The zero-order valence-electron chi connectivity index (χ0n) is 10.5. The maximum atomic E-state index is 12.9. The van der Waals surface area contributed by atoms with Gasteiger partial charge in [0.2, 0.25) is 10.0 Å². The molecule has 0 amide bonds. The fourth-order valence-corrected chi connectivity index (χ4v) is 4.03. The summed E-state index contributed by atoms with van der Waals surface area (Å²) in [5.74, 6) is -0.556. The molecule has 1 aromatic carbocycles. The molecule has 1 aliphatic heterocycles. The summed E-state index contributed by atoms with van der Waals surface area (Å²) in [6.07, 6.45) is 1.44. The highest BCUT2D eigenvalue weighted by atomic mass is 35.5. The van der Waals surface area contributed by atoms with E-state index in [0.29, 0.717) is 0 Å². The third kappa shape index (κ3) is 3.66. The van der Waals surface area contributed by atoms with Crippen molar-refractivity contribution in [1.82, 2.24) is 10.0 Å². The van der Waals surface area contributed by atoms with Gasteiger partial charge in [-0.2, -0.15) is 0 Å². The van der Waals surface area contributed by atoms with Gasteiger partial charge in [-0.3, -0.25) is 0 Å². The van der Waals surface area contributed by atoms with Crippen LogP contribution in [-0.2, 0) is 10.0 Å². The number of hydrogen-bond donors (Lipinski definition) is 2. The Bertz CT molecular complexity index is 565. The summed E-state index contributed by atoms with van der Waals surface area (Å²) < 4.78 is 40.0. The number of benzene rings is 1. The fraction of sp³-hybridized carbons (Fsp3) is 0.500. The molecular formula is C12H16ClFN2O2S. The van der Waals surface area contributed by atoms with Crippen LogP contribution in [0, 0.1) is 5.82 Å². The van der Waals surface area contributed by atoms with E-state index in [2.05, 4.69) is 10.0 Å². The predicted octanol–water partition coefficient (Wildman–Crippen LogP) is 1.90. The lowest BCUT2D eigenvalue weighted by molar-refractivity contribution is 0.361. The van der Waals surface area contributed by atoms with Crippen LogP contribution in [-0.4, -0.2) is 27.0 Å². The van der Waals surface area contributed by atoms with E-state index < -0.39 is 15.8 Å². The SMILES string of the molecule is CC1CC(NS(=O)(=O)c2ccc(F)cc2Cl)CCN1. The Hall–Kier alpha value is -0.690. The molecule has 19 heavy (non-hydrogen) atoms. The van der Waals surface area contributed by atoms with Crippen LogP contribution in [0.15, 0.2) is 23.1 Å². The first-order valence-electron chi connectivity index (χ1n) is 6.09. The zero-order valence-corrected chi connectivity index (χ0v) is 12.1. The van der Waals surface area contributed by atoms with E-state index in [1.807, 2.05) is 6.92 Å². The molecular weight excluding hydrogens is 291 g/mol. The number of nitrogens with one attached hydrogen (secondary N) is 2. The highest BCUT2D eigenvalue weighted by Crippen LogP contribution is 2.23. The van der Waals surface area contributed by atoms with Gasteiger partial charge in [0.05, 0.1) is 5.02 Å². The summed E-state index contributed by atoms with van der Waals surface area (Å²) in [5.41, 5.74) is 0. The molecule has 2 rings (SSSR count). The van der Waals surface area contributed by atoms with Gasteiger partial charge in [-0.1, -0.05) is 11.6 Å². The molecule has 1 aromatic rings. The van der Waals surface area contributed by atoms with Crippen LogP contribution in [0.3, 0.4) is 0 Å². The van der Waals surface area contributed by atoms with Gasteiger partial charge in [0.1, 0.15) is 10.7 Å². The molecule has 0 bridgehead atoms. The van der Waals surface area contributed by atoms with Crippen molar-refractivity contribution in [3.63, 3.8) is 0 Å². The Balaban J connectivity index is 2.18.